The molecule has 0 saturated carbocycles. The molecule has 1 N–H and O–H groups in total. The van der Waals surface area contributed by atoms with Crippen LogP contribution in [-0.2, 0) is 6.18 Å². The standard InChI is InChI=1S/C16H15F3N2O2/c17-16(18,19)14-11-5-1-2-6-13(11)20-8-12(14)15(23)21-7-3-4-10(22)9-21/h1-2,5-6,8,10,22H,3-4,7,9H2. The van der Waals surface area contributed by atoms with E-state index in [1.807, 2.05) is 0 Å². The van der Waals surface area contributed by atoms with E-state index in [1.165, 1.54) is 23.1 Å². The number of nitrogens with zero attached hydrogens (tertiary/aromatic N) is 2. The zero-order valence-electron chi connectivity index (χ0n) is 12.2. The summed E-state index contributed by atoms with van der Waals surface area (Å²) in [5.41, 5.74) is -1.24. The van der Waals surface area contributed by atoms with Crippen LogP contribution in [0.5, 0.6) is 0 Å². The minimum absolute atomic E-state index is 0.0446. The van der Waals surface area contributed by atoms with Crippen LogP contribution in [-0.4, -0.2) is 40.1 Å². The van der Waals surface area contributed by atoms with E-state index in [4.69, 9.17) is 0 Å². The number of para-hydroxylation sites is 1. The number of hydrogen-bond donors (Lipinski definition) is 1. The van der Waals surface area contributed by atoms with Crippen LogP contribution < -0.4 is 0 Å². The molecular formula is C16H15F3N2O2. The zero-order chi connectivity index (χ0) is 16.6. The van der Waals surface area contributed by atoms with Crippen molar-refractivity contribution in [3.05, 3.63) is 41.6 Å². The molecule has 3 rings (SSSR count). The molecule has 0 bridgehead atoms. The number of likely N-dealkylation sites (tertiary alicyclic amines) is 1. The zero-order valence-corrected chi connectivity index (χ0v) is 12.2. The molecule has 1 aliphatic heterocycles. The Balaban J connectivity index is 2.11. The normalized spacial score (nSPS) is 19.1. The Hall–Kier alpha value is -2.15. The number of rotatable bonds is 1. The fourth-order valence-electron chi connectivity index (χ4n) is 2.92. The summed E-state index contributed by atoms with van der Waals surface area (Å²) < 4.78 is 40.6. The largest absolute Gasteiger partial charge is 0.417 e. The summed E-state index contributed by atoms with van der Waals surface area (Å²) in [6, 6.07) is 5.87. The van der Waals surface area contributed by atoms with Crippen molar-refractivity contribution in [1.82, 2.24) is 9.88 Å². The van der Waals surface area contributed by atoms with Gasteiger partial charge in [-0.25, -0.2) is 0 Å². The number of aliphatic hydroxyl groups is 1. The van der Waals surface area contributed by atoms with Crippen molar-refractivity contribution in [2.24, 2.45) is 0 Å². The van der Waals surface area contributed by atoms with Gasteiger partial charge in [-0.05, 0) is 18.9 Å². The van der Waals surface area contributed by atoms with Gasteiger partial charge in [-0.15, -0.1) is 0 Å². The predicted octanol–water partition coefficient (Wildman–Crippen LogP) is 2.85. The van der Waals surface area contributed by atoms with Crippen molar-refractivity contribution in [2.75, 3.05) is 13.1 Å². The minimum Gasteiger partial charge on any atom is -0.391 e. The lowest BCUT2D eigenvalue weighted by Gasteiger charge is -2.30. The summed E-state index contributed by atoms with van der Waals surface area (Å²) in [5.74, 6) is -0.741. The van der Waals surface area contributed by atoms with Crippen molar-refractivity contribution in [3.63, 3.8) is 0 Å². The van der Waals surface area contributed by atoms with Gasteiger partial charge in [0.2, 0.25) is 0 Å². The molecule has 2 heterocycles. The van der Waals surface area contributed by atoms with Crippen LogP contribution in [0.15, 0.2) is 30.5 Å². The smallest absolute Gasteiger partial charge is 0.391 e. The van der Waals surface area contributed by atoms with Crippen LogP contribution in [0.3, 0.4) is 0 Å². The van der Waals surface area contributed by atoms with Crippen molar-refractivity contribution in [3.8, 4) is 0 Å². The molecule has 23 heavy (non-hydrogen) atoms. The van der Waals surface area contributed by atoms with E-state index < -0.39 is 29.3 Å². The molecule has 2 aromatic rings. The Morgan fingerprint density at radius 2 is 2.04 bits per heavy atom. The third-order valence-electron chi connectivity index (χ3n) is 3.97. The number of carbonyl (C=O) groups excluding carboxylic acids is 1. The molecular weight excluding hydrogens is 309 g/mol. The summed E-state index contributed by atoms with van der Waals surface area (Å²) in [7, 11) is 0. The third-order valence-corrected chi connectivity index (χ3v) is 3.97. The Labute approximate surface area is 130 Å². The number of β-amino-alcohol motifs (C(OH)–C–C–N with tert-alkyl or cyclic N) is 1. The number of amides is 1. The first kappa shape index (κ1) is 15.7. The van der Waals surface area contributed by atoms with Crippen LogP contribution in [0.2, 0.25) is 0 Å². The van der Waals surface area contributed by atoms with E-state index >= 15 is 0 Å². The second-order valence-corrected chi connectivity index (χ2v) is 5.61. The summed E-state index contributed by atoms with van der Waals surface area (Å²) in [6.07, 6.45) is -3.27. The van der Waals surface area contributed by atoms with Crippen LogP contribution in [0, 0.1) is 0 Å². The first-order valence-electron chi connectivity index (χ1n) is 7.30. The monoisotopic (exact) mass is 324 g/mol. The van der Waals surface area contributed by atoms with E-state index in [1.54, 1.807) is 6.07 Å². The maximum absolute atomic E-state index is 13.5. The Morgan fingerprint density at radius 3 is 2.74 bits per heavy atom. The first-order valence-corrected chi connectivity index (χ1v) is 7.30. The van der Waals surface area contributed by atoms with Crippen LogP contribution in [0.25, 0.3) is 10.9 Å². The fourth-order valence-corrected chi connectivity index (χ4v) is 2.92. The summed E-state index contributed by atoms with van der Waals surface area (Å²) in [5, 5.41) is 9.55. The lowest BCUT2D eigenvalue weighted by molar-refractivity contribution is -0.136. The lowest BCUT2D eigenvalue weighted by atomic mass is 10.0. The highest BCUT2D eigenvalue weighted by Crippen LogP contribution is 2.37. The molecule has 122 valence electrons. The number of aliphatic hydroxyl groups excluding tert-OH is 1. The Bertz CT molecular complexity index is 746. The van der Waals surface area contributed by atoms with Gasteiger partial charge < -0.3 is 10.0 Å². The van der Waals surface area contributed by atoms with E-state index in [0.29, 0.717) is 19.4 Å². The van der Waals surface area contributed by atoms with Gasteiger partial charge in [-0.2, -0.15) is 13.2 Å². The second kappa shape index (κ2) is 5.81. The van der Waals surface area contributed by atoms with Gasteiger partial charge in [0.25, 0.3) is 5.91 Å². The summed E-state index contributed by atoms with van der Waals surface area (Å²) >= 11 is 0. The number of carbonyl (C=O) groups is 1. The number of alkyl halides is 3. The van der Waals surface area contributed by atoms with Gasteiger partial charge in [-0.1, -0.05) is 18.2 Å². The van der Waals surface area contributed by atoms with Crippen molar-refractivity contribution < 1.29 is 23.1 Å². The molecule has 1 aromatic carbocycles. The van der Waals surface area contributed by atoms with Gasteiger partial charge in [-0.3, -0.25) is 9.78 Å². The molecule has 1 amide bonds. The van der Waals surface area contributed by atoms with E-state index in [2.05, 4.69) is 4.98 Å². The second-order valence-electron chi connectivity index (χ2n) is 5.61. The molecule has 1 fully saturated rings. The van der Waals surface area contributed by atoms with E-state index in [-0.39, 0.29) is 17.4 Å². The lowest BCUT2D eigenvalue weighted by Crippen LogP contribution is -2.42. The minimum atomic E-state index is -4.66. The van der Waals surface area contributed by atoms with E-state index in [0.717, 1.165) is 6.20 Å². The number of aromatic nitrogens is 1. The number of halogens is 3. The van der Waals surface area contributed by atoms with Gasteiger partial charge in [0.15, 0.2) is 0 Å². The highest BCUT2D eigenvalue weighted by atomic mass is 19.4. The average molecular weight is 324 g/mol. The molecule has 1 unspecified atom stereocenters. The third kappa shape index (κ3) is 3.01. The van der Waals surface area contributed by atoms with Gasteiger partial charge in [0.05, 0.1) is 22.7 Å². The van der Waals surface area contributed by atoms with Crippen LogP contribution >= 0.6 is 0 Å². The fraction of sp³-hybridized carbons (Fsp3) is 0.375. The highest BCUT2D eigenvalue weighted by molar-refractivity contribution is 6.00. The van der Waals surface area contributed by atoms with Crippen molar-refractivity contribution in [2.45, 2.75) is 25.1 Å². The summed E-state index contributed by atoms with van der Waals surface area (Å²) in [4.78, 5) is 17.8. The molecule has 1 saturated heterocycles. The maximum Gasteiger partial charge on any atom is 0.417 e. The first-order chi connectivity index (χ1) is 10.9. The number of piperidine rings is 1. The molecule has 1 aromatic heterocycles. The van der Waals surface area contributed by atoms with Gasteiger partial charge in [0, 0.05) is 24.7 Å². The molecule has 1 aliphatic rings. The number of benzene rings is 1. The molecule has 0 radical (unpaired) electrons. The number of hydrogen-bond acceptors (Lipinski definition) is 3. The predicted molar refractivity (Wildman–Crippen MR) is 77.9 cm³/mol. The summed E-state index contributed by atoms with van der Waals surface area (Å²) in [6.45, 7) is 0.378. The molecule has 0 aliphatic carbocycles. The quantitative estimate of drug-likeness (QED) is 0.877. The van der Waals surface area contributed by atoms with Crippen LogP contribution in [0.4, 0.5) is 13.2 Å². The Morgan fingerprint density at radius 1 is 1.30 bits per heavy atom. The van der Waals surface area contributed by atoms with Gasteiger partial charge >= 0.3 is 6.18 Å². The SMILES string of the molecule is O=C(c1cnc2ccccc2c1C(F)(F)F)N1CCCC(O)C1. The van der Waals surface area contributed by atoms with Crippen molar-refractivity contribution in [1.29, 1.82) is 0 Å². The van der Waals surface area contributed by atoms with Crippen LogP contribution in [0.1, 0.15) is 28.8 Å². The van der Waals surface area contributed by atoms with E-state index in [9.17, 15) is 23.1 Å². The van der Waals surface area contributed by atoms with Crippen molar-refractivity contribution >= 4 is 16.8 Å². The molecule has 1 atom stereocenters. The maximum atomic E-state index is 13.5. The topological polar surface area (TPSA) is 53.4 Å². The Kier molecular flexibility index (Phi) is 3.97. The average Bonchev–Trinajstić information content (AvgIpc) is 2.52. The number of pyridine rings is 1. The number of fused-ring (bicyclic) bond motifs is 1. The highest BCUT2D eigenvalue weighted by Gasteiger charge is 2.39. The van der Waals surface area contributed by atoms with Gasteiger partial charge in [0.1, 0.15) is 0 Å². The molecule has 7 heteroatoms. The molecule has 4 nitrogen and oxygen atoms in total. The molecule has 0 spiro atoms.